The van der Waals surface area contributed by atoms with Crippen LogP contribution in [0.5, 0.6) is 0 Å². The number of hydrogen-bond acceptors (Lipinski definition) is 9. The fourth-order valence-electron chi connectivity index (χ4n) is 4.51. The number of alkyl halides is 3. The zero-order chi connectivity index (χ0) is 34.5. The number of carbonyl (C=O) groups excluding carboxylic acids is 1. The SMILES string of the molecule is CCCCCCCCCCOCCOCCOCCOCCOCCOCCOC(=O)c1ccccc1Nc1cccc(C(F)(F)F)c1. The summed E-state index contributed by atoms with van der Waals surface area (Å²) in [6, 6.07) is 11.2. The van der Waals surface area contributed by atoms with Crippen molar-refractivity contribution in [2.45, 2.75) is 64.5 Å². The van der Waals surface area contributed by atoms with Crippen molar-refractivity contribution in [3.63, 3.8) is 0 Å². The molecule has 0 aliphatic carbocycles. The second kappa shape index (κ2) is 27.1. The Hall–Kier alpha value is -2.74. The van der Waals surface area contributed by atoms with E-state index < -0.39 is 17.7 Å². The fraction of sp³-hybridized carbons (Fsp3) is 0.639. The number of unbranched alkanes of at least 4 members (excludes halogenated alkanes) is 7. The van der Waals surface area contributed by atoms with Crippen LogP contribution in [0, 0.1) is 0 Å². The van der Waals surface area contributed by atoms with E-state index in [1.54, 1.807) is 18.2 Å². The van der Waals surface area contributed by atoms with E-state index in [9.17, 15) is 18.0 Å². The molecule has 0 amide bonds. The van der Waals surface area contributed by atoms with Gasteiger partial charge < -0.3 is 38.5 Å². The molecule has 0 heterocycles. The van der Waals surface area contributed by atoms with E-state index in [1.165, 1.54) is 63.1 Å². The average molecular weight is 686 g/mol. The van der Waals surface area contributed by atoms with Gasteiger partial charge in [0.25, 0.3) is 0 Å². The Morgan fingerprint density at radius 2 is 1.06 bits per heavy atom. The molecular weight excluding hydrogens is 631 g/mol. The molecule has 0 saturated heterocycles. The Balaban J connectivity index is 1.35. The van der Waals surface area contributed by atoms with Crippen LogP contribution < -0.4 is 5.32 Å². The van der Waals surface area contributed by atoms with Crippen LogP contribution in [0.3, 0.4) is 0 Å². The zero-order valence-electron chi connectivity index (χ0n) is 28.4. The highest BCUT2D eigenvalue weighted by Gasteiger charge is 2.30. The predicted octanol–water partition coefficient (Wildman–Crippen LogP) is 7.85. The lowest BCUT2D eigenvalue weighted by molar-refractivity contribution is -0.137. The van der Waals surface area contributed by atoms with Crippen molar-refractivity contribution in [3.8, 4) is 0 Å². The predicted molar refractivity (Wildman–Crippen MR) is 179 cm³/mol. The topological polar surface area (TPSA) is 93.7 Å². The van der Waals surface area contributed by atoms with Gasteiger partial charge in [0.1, 0.15) is 6.61 Å². The largest absolute Gasteiger partial charge is 0.460 e. The Labute approximate surface area is 283 Å². The molecule has 0 aliphatic rings. The molecule has 0 atom stereocenters. The molecule has 1 N–H and O–H groups in total. The van der Waals surface area contributed by atoms with Crippen LogP contribution in [0.1, 0.15) is 74.2 Å². The molecule has 2 aromatic carbocycles. The van der Waals surface area contributed by atoms with Crippen LogP contribution in [0.25, 0.3) is 0 Å². The molecule has 0 radical (unpaired) electrons. The number of carbonyl (C=O) groups is 1. The van der Waals surface area contributed by atoms with Crippen molar-refractivity contribution in [3.05, 3.63) is 59.7 Å². The molecule has 2 aromatic rings. The number of esters is 1. The molecule has 272 valence electrons. The molecule has 0 aliphatic heterocycles. The summed E-state index contributed by atoms with van der Waals surface area (Å²) in [6.07, 6.45) is 5.89. The van der Waals surface area contributed by atoms with E-state index in [-0.39, 0.29) is 24.5 Å². The van der Waals surface area contributed by atoms with Crippen molar-refractivity contribution >= 4 is 17.3 Å². The van der Waals surface area contributed by atoms with Gasteiger partial charge in [-0.1, -0.05) is 70.1 Å². The fourth-order valence-corrected chi connectivity index (χ4v) is 4.51. The van der Waals surface area contributed by atoms with Gasteiger partial charge in [-0.25, -0.2) is 4.79 Å². The van der Waals surface area contributed by atoms with Crippen LogP contribution in [-0.2, 0) is 39.3 Å². The Morgan fingerprint density at radius 1 is 0.583 bits per heavy atom. The third kappa shape index (κ3) is 20.6. The number of rotatable bonds is 30. The molecule has 0 spiro atoms. The van der Waals surface area contributed by atoms with Crippen LogP contribution >= 0.6 is 0 Å². The van der Waals surface area contributed by atoms with Gasteiger partial charge in [0, 0.05) is 12.3 Å². The molecule has 0 aromatic heterocycles. The minimum atomic E-state index is -4.47. The Bertz CT molecular complexity index is 1090. The lowest BCUT2D eigenvalue weighted by Crippen LogP contribution is -2.15. The first-order valence-electron chi connectivity index (χ1n) is 17.1. The van der Waals surface area contributed by atoms with Crippen LogP contribution in [0.4, 0.5) is 24.5 Å². The molecule has 48 heavy (non-hydrogen) atoms. The molecule has 0 unspecified atom stereocenters. The van der Waals surface area contributed by atoms with Crippen molar-refractivity contribution in [2.24, 2.45) is 0 Å². The van der Waals surface area contributed by atoms with Crippen LogP contribution in [0.2, 0.25) is 0 Å². The maximum Gasteiger partial charge on any atom is 0.416 e. The summed E-state index contributed by atoms with van der Waals surface area (Å²) < 4.78 is 77.3. The number of ether oxygens (including phenoxy) is 7. The number of benzene rings is 2. The van der Waals surface area contributed by atoms with E-state index in [1.807, 2.05) is 0 Å². The smallest absolute Gasteiger partial charge is 0.416 e. The molecule has 0 saturated carbocycles. The van der Waals surface area contributed by atoms with E-state index >= 15 is 0 Å². The van der Waals surface area contributed by atoms with Gasteiger partial charge in [-0.3, -0.25) is 0 Å². The summed E-state index contributed by atoms with van der Waals surface area (Å²) >= 11 is 0. The zero-order valence-corrected chi connectivity index (χ0v) is 28.4. The first-order valence-corrected chi connectivity index (χ1v) is 17.1. The quantitative estimate of drug-likeness (QED) is 0.0652. The first kappa shape index (κ1) is 41.4. The second-order valence-corrected chi connectivity index (χ2v) is 11.0. The number of anilines is 2. The van der Waals surface area contributed by atoms with Gasteiger partial charge >= 0.3 is 12.1 Å². The summed E-state index contributed by atoms with van der Waals surface area (Å²) in [6.45, 7) is 7.91. The minimum Gasteiger partial charge on any atom is -0.460 e. The van der Waals surface area contributed by atoms with Gasteiger partial charge in [0.2, 0.25) is 0 Å². The third-order valence-electron chi connectivity index (χ3n) is 7.08. The highest BCUT2D eigenvalue weighted by Crippen LogP contribution is 2.32. The molecule has 2 rings (SSSR count). The van der Waals surface area contributed by atoms with E-state index in [0.717, 1.165) is 25.2 Å². The first-order chi connectivity index (χ1) is 23.4. The molecule has 0 fully saturated rings. The van der Waals surface area contributed by atoms with Crippen molar-refractivity contribution < 1.29 is 51.1 Å². The standard InChI is InChI=1S/C36H54F3NO8/c1-2-3-4-5-6-7-8-11-17-42-18-19-43-20-21-44-22-23-45-24-25-46-26-27-47-28-29-48-35(41)33-15-9-10-16-34(33)40-32-14-12-13-31(30-32)36(37,38)39/h9-10,12-16,30,40H,2-8,11,17-29H2,1H3. The summed E-state index contributed by atoms with van der Waals surface area (Å²) in [5.74, 6) is -0.618. The van der Waals surface area contributed by atoms with Crippen molar-refractivity contribution in [2.75, 3.05) is 91.2 Å². The third-order valence-corrected chi connectivity index (χ3v) is 7.08. The molecule has 12 heteroatoms. The minimum absolute atomic E-state index is 0.0119. The lowest BCUT2D eigenvalue weighted by Gasteiger charge is -2.13. The van der Waals surface area contributed by atoms with Gasteiger partial charge in [-0.2, -0.15) is 13.2 Å². The van der Waals surface area contributed by atoms with Gasteiger partial charge in [-0.05, 0) is 36.8 Å². The maximum atomic E-state index is 13.0. The van der Waals surface area contributed by atoms with Crippen LogP contribution in [-0.4, -0.2) is 91.9 Å². The summed E-state index contributed by atoms with van der Waals surface area (Å²) in [7, 11) is 0. The highest BCUT2D eigenvalue weighted by atomic mass is 19.4. The van der Waals surface area contributed by atoms with E-state index in [0.29, 0.717) is 71.8 Å². The van der Waals surface area contributed by atoms with Crippen molar-refractivity contribution in [1.29, 1.82) is 0 Å². The maximum absolute atomic E-state index is 13.0. The summed E-state index contributed by atoms with van der Waals surface area (Å²) in [5.41, 5.74) is -0.0560. The van der Waals surface area contributed by atoms with Gasteiger partial charge in [-0.15, -0.1) is 0 Å². The summed E-state index contributed by atoms with van der Waals surface area (Å²) in [4.78, 5) is 12.6. The van der Waals surface area contributed by atoms with Crippen molar-refractivity contribution in [1.82, 2.24) is 0 Å². The summed E-state index contributed by atoms with van der Waals surface area (Å²) in [5, 5.41) is 2.86. The van der Waals surface area contributed by atoms with E-state index in [2.05, 4.69) is 12.2 Å². The van der Waals surface area contributed by atoms with Gasteiger partial charge in [0.15, 0.2) is 0 Å². The second-order valence-electron chi connectivity index (χ2n) is 11.0. The normalized spacial score (nSPS) is 11.6. The molecule has 9 nitrogen and oxygen atoms in total. The van der Waals surface area contributed by atoms with Crippen LogP contribution in [0.15, 0.2) is 48.5 Å². The highest BCUT2D eigenvalue weighted by molar-refractivity contribution is 5.96. The molecular formula is C36H54F3NO8. The Morgan fingerprint density at radius 3 is 1.60 bits per heavy atom. The van der Waals surface area contributed by atoms with E-state index in [4.69, 9.17) is 33.2 Å². The monoisotopic (exact) mass is 685 g/mol. The average Bonchev–Trinajstić information content (AvgIpc) is 3.08. The lowest BCUT2D eigenvalue weighted by atomic mass is 10.1. The number of nitrogens with one attached hydrogen (secondary N) is 1. The number of halogens is 3. The number of hydrogen-bond donors (Lipinski definition) is 1. The van der Waals surface area contributed by atoms with Gasteiger partial charge in [0.05, 0.1) is 89.5 Å². The Kier molecular flexibility index (Phi) is 23.4. The number of para-hydroxylation sites is 1. The molecule has 0 bridgehead atoms.